The number of halogens is 5. The van der Waals surface area contributed by atoms with Crippen LogP contribution < -0.4 is 4.74 Å². The summed E-state index contributed by atoms with van der Waals surface area (Å²) in [6.45, 7) is 0.752. The van der Waals surface area contributed by atoms with Crippen molar-refractivity contribution in [3.8, 4) is 5.75 Å². The molecule has 124 valence electrons. The molecule has 0 saturated heterocycles. The topological polar surface area (TPSA) is 35.5 Å². The number of carbonyl (C=O) groups excluding carboxylic acids is 1. The summed E-state index contributed by atoms with van der Waals surface area (Å²) in [6.07, 6.45) is -1.90. The molecular formula is C14H15ClF4O3. The molecule has 0 amide bonds. The fourth-order valence-electron chi connectivity index (χ4n) is 1.60. The number of ether oxygens (including phenoxy) is 2. The van der Waals surface area contributed by atoms with Crippen LogP contribution in [-0.2, 0) is 15.5 Å². The van der Waals surface area contributed by atoms with E-state index in [0.29, 0.717) is 6.07 Å². The van der Waals surface area contributed by atoms with Crippen molar-refractivity contribution in [2.45, 2.75) is 32.3 Å². The van der Waals surface area contributed by atoms with Gasteiger partial charge in [0.05, 0.1) is 10.6 Å². The Morgan fingerprint density at radius 3 is 2.55 bits per heavy atom. The average Bonchev–Trinajstić information content (AvgIpc) is 2.46. The lowest BCUT2D eigenvalue weighted by Crippen LogP contribution is -2.28. The van der Waals surface area contributed by atoms with Gasteiger partial charge in [0.15, 0.2) is 6.10 Å². The summed E-state index contributed by atoms with van der Waals surface area (Å²) in [6, 6.07) is 1.41. The Hall–Kier alpha value is -1.50. The van der Waals surface area contributed by atoms with Crippen molar-refractivity contribution in [3.63, 3.8) is 0 Å². The fourth-order valence-corrected chi connectivity index (χ4v) is 1.77. The normalized spacial score (nSPS) is 12.9. The van der Waals surface area contributed by atoms with Crippen molar-refractivity contribution >= 4 is 17.6 Å². The van der Waals surface area contributed by atoms with Crippen molar-refractivity contribution in [1.29, 1.82) is 0 Å². The van der Waals surface area contributed by atoms with Gasteiger partial charge in [-0.1, -0.05) is 18.5 Å². The van der Waals surface area contributed by atoms with Crippen LogP contribution in [0, 0.1) is 5.82 Å². The van der Waals surface area contributed by atoms with Crippen LogP contribution in [0.1, 0.15) is 25.8 Å². The quantitative estimate of drug-likeness (QED) is 0.548. The van der Waals surface area contributed by atoms with Gasteiger partial charge in [-0.15, -0.1) is 0 Å². The highest BCUT2D eigenvalue weighted by atomic mass is 35.5. The Labute approximate surface area is 130 Å². The number of rotatable bonds is 7. The largest absolute Gasteiger partial charge is 0.483 e. The molecule has 1 rings (SSSR count). The third kappa shape index (κ3) is 4.76. The van der Waals surface area contributed by atoms with Gasteiger partial charge >= 0.3 is 5.97 Å². The maximum Gasteiger partial charge on any atom is 0.302 e. The van der Waals surface area contributed by atoms with Crippen LogP contribution in [0.4, 0.5) is 17.6 Å². The Morgan fingerprint density at radius 1 is 1.41 bits per heavy atom. The van der Waals surface area contributed by atoms with Crippen LogP contribution in [0.25, 0.3) is 0 Å². The van der Waals surface area contributed by atoms with Crippen molar-refractivity contribution in [1.82, 2.24) is 0 Å². The summed E-state index contributed by atoms with van der Waals surface area (Å²) in [5, 5.41) is -0.493. The molecule has 22 heavy (non-hydrogen) atoms. The zero-order valence-electron chi connectivity index (χ0n) is 12.0. The number of hydrogen-bond donors (Lipinski definition) is 0. The van der Waals surface area contributed by atoms with E-state index in [4.69, 9.17) is 16.3 Å². The Balaban J connectivity index is 3.10. The van der Waals surface area contributed by atoms with Gasteiger partial charge in [-0.05, 0) is 6.07 Å². The molecule has 1 atom stereocenters. The first kappa shape index (κ1) is 18.5. The van der Waals surface area contributed by atoms with Gasteiger partial charge in [0, 0.05) is 19.4 Å². The number of hydrogen-bond acceptors (Lipinski definition) is 3. The van der Waals surface area contributed by atoms with E-state index < -0.39 is 59.9 Å². The van der Waals surface area contributed by atoms with Crippen molar-refractivity contribution < 1.29 is 31.8 Å². The number of benzene rings is 1. The van der Waals surface area contributed by atoms with E-state index in [1.54, 1.807) is 0 Å². The highest BCUT2D eigenvalue weighted by Crippen LogP contribution is 2.40. The standard InChI is InChI=1S/C14H15ClF4O3/c1-3-14(18,19)10-4-11(15)12(17)5-13(10)22-9(6-16)7-21-8(2)20/h4-5,9H,3,6-7H2,1-2H3/t9-/m0/s1. The Bertz CT molecular complexity index is 537. The first-order valence-corrected chi connectivity index (χ1v) is 6.82. The summed E-state index contributed by atoms with van der Waals surface area (Å²) in [5.74, 6) is -5.51. The average molecular weight is 343 g/mol. The highest BCUT2D eigenvalue weighted by Gasteiger charge is 2.34. The summed E-state index contributed by atoms with van der Waals surface area (Å²) >= 11 is 5.51. The van der Waals surface area contributed by atoms with Crippen LogP contribution in [0.3, 0.4) is 0 Å². The second kappa shape index (κ2) is 7.67. The Kier molecular flexibility index (Phi) is 6.47. The molecular weight excluding hydrogens is 328 g/mol. The number of alkyl halides is 3. The van der Waals surface area contributed by atoms with Gasteiger partial charge < -0.3 is 9.47 Å². The monoisotopic (exact) mass is 342 g/mol. The van der Waals surface area contributed by atoms with Gasteiger partial charge in [-0.3, -0.25) is 4.79 Å². The minimum absolute atomic E-state index is 0.479. The molecule has 0 N–H and O–H groups in total. The van der Waals surface area contributed by atoms with Crippen molar-refractivity contribution in [2.24, 2.45) is 0 Å². The summed E-state index contributed by atoms with van der Waals surface area (Å²) in [5.41, 5.74) is -0.650. The van der Waals surface area contributed by atoms with E-state index in [9.17, 15) is 22.4 Å². The van der Waals surface area contributed by atoms with Crippen LogP contribution in [0.2, 0.25) is 5.02 Å². The van der Waals surface area contributed by atoms with E-state index in [2.05, 4.69) is 4.74 Å². The molecule has 1 aromatic rings. The number of esters is 1. The highest BCUT2D eigenvalue weighted by molar-refractivity contribution is 6.30. The predicted molar refractivity (Wildman–Crippen MR) is 72.6 cm³/mol. The van der Waals surface area contributed by atoms with E-state index in [1.165, 1.54) is 6.92 Å². The third-order valence-corrected chi connectivity index (χ3v) is 3.09. The molecule has 0 fully saturated rings. The van der Waals surface area contributed by atoms with E-state index in [1.807, 2.05) is 0 Å². The fraction of sp³-hybridized carbons (Fsp3) is 0.500. The van der Waals surface area contributed by atoms with Gasteiger partial charge in [0.2, 0.25) is 0 Å². The lowest BCUT2D eigenvalue weighted by atomic mass is 10.0. The van der Waals surface area contributed by atoms with Gasteiger partial charge in [-0.2, -0.15) is 0 Å². The number of carbonyl (C=O) groups is 1. The molecule has 0 aromatic heterocycles. The van der Waals surface area contributed by atoms with Crippen LogP contribution >= 0.6 is 11.6 Å². The molecule has 0 heterocycles. The minimum atomic E-state index is -3.32. The van der Waals surface area contributed by atoms with Crippen molar-refractivity contribution in [2.75, 3.05) is 13.3 Å². The van der Waals surface area contributed by atoms with Gasteiger partial charge in [0.1, 0.15) is 24.8 Å². The maximum absolute atomic E-state index is 13.9. The zero-order valence-corrected chi connectivity index (χ0v) is 12.7. The van der Waals surface area contributed by atoms with E-state index in [0.717, 1.165) is 13.0 Å². The van der Waals surface area contributed by atoms with Crippen LogP contribution in [-0.4, -0.2) is 25.4 Å². The molecule has 0 aliphatic rings. The van der Waals surface area contributed by atoms with Crippen LogP contribution in [0.5, 0.6) is 5.75 Å². The summed E-state index contributed by atoms with van der Waals surface area (Å²) < 4.78 is 63.7. The Morgan fingerprint density at radius 2 is 2.05 bits per heavy atom. The molecule has 0 bridgehead atoms. The molecule has 1 aromatic carbocycles. The zero-order chi connectivity index (χ0) is 16.9. The molecule has 0 radical (unpaired) electrons. The minimum Gasteiger partial charge on any atom is -0.483 e. The smallest absolute Gasteiger partial charge is 0.302 e. The van der Waals surface area contributed by atoms with Crippen molar-refractivity contribution in [3.05, 3.63) is 28.5 Å². The summed E-state index contributed by atoms with van der Waals surface area (Å²) in [4.78, 5) is 10.7. The second-order valence-corrected chi connectivity index (χ2v) is 4.92. The molecule has 3 nitrogen and oxygen atoms in total. The molecule has 8 heteroatoms. The lowest BCUT2D eigenvalue weighted by Gasteiger charge is -2.22. The van der Waals surface area contributed by atoms with E-state index >= 15 is 0 Å². The van der Waals surface area contributed by atoms with Gasteiger partial charge in [0.25, 0.3) is 5.92 Å². The first-order chi connectivity index (χ1) is 10.2. The van der Waals surface area contributed by atoms with E-state index in [-0.39, 0.29) is 0 Å². The molecule has 0 aliphatic carbocycles. The maximum atomic E-state index is 13.9. The first-order valence-electron chi connectivity index (χ1n) is 6.44. The van der Waals surface area contributed by atoms with Gasteiger partial charge in [-0.25, -0.2) is 17.6 Å². The molecule has 0 spiro atoms. The SMILES string of the molecule is CCC(F)(F)c1cc(Cl)c(F)cc1O[C@@H](CF)COC(C)=O. The third-order valence-electron chi connectivity index (χ3n) is 2.80. The summed E-state index contributed by atoms with van der Waals surface area (Å²) in [7, 11) is 0. The predicted octanol–water partition coefficient (Wildman–Crippen LogP) is 4.26. The lowest BCUT2D eigenvalue weighted by molar-refractivity contribution is -0.143. The molecule has 0 unspecified atom stereocenters. The molecule has 0 saturated carbocycles. The van der Waals surface area contributed by atoms with Crippen LogP contribution in [0.15, 0.2) is 12.1 Å². The second-order valence-electron chi connectivity index (χ2n) is 4.52. The molecule has 0 aliphatic heterocycles.